The number of halogens is 1. The van der Waals surface area contributed by atoms with E-state index in [4.69, 9.17) is 0 Å². The van der Waals surface area contributed by atoms with E-state index in [1.54, 1.807) is 0 Å². The monoisotopic (exact) mass is 192 g/mol. The van der Waals surface area contributed by atoms with Crippen LogP contribution in [-0.2, 0) is 0 Å². The second-order valence-electron chi connectivity index (χ2n) is 3.35. The van der Waals surface area contributed by atoms with E-state index < -0.39 is 0 Å². The average molecular weight is 193 g/mol. The minimum Gasteiger partial charge on any atom is -0.300 e. The average Bonchev–Trinajstić information content (AvgIpc) is 2.39. The first-order chi connectivity index (χ1) is 5.33. The van der Waals surface area contributed by atoms with Crippen LogP contribution in [0.1, 0.15) is 39.5 Å². The highest BCUT2D eigenvalue weighted by Crippen LogP contribution is 2.26. The molecule has 1 fully saturated rings. The maximum absolute atomic E-state index is 3.55. The second kappa shape index (κ2) is 5.79. The van der Waals surface area contributed by atoms with Crippen LogP contribution in [0, 0.1) is 0 Å². The van der Waals surface area contributed by atoms with Crippen molar-refractivity contribution < 1.29 is 0 Å². The molecule has 0 radical (unpaired) electrons. The summed E-state index contributed by atoms with van der Waals surface area (Å²) in [5.41, 5.74) is 0.295. The Morgan fingerprint density at radius 3 is 1.75 bits per heavy atom. The molecule has 74 valence electrons. The van der Waals surface area contributed by atoms with Crippen molar-refractivity contribution in [1.29, 1.82) is 0 Å². The fourth-order valence-electron chi connectivity index (χ4n) is 2.07. The molecule has 1 aliphatic rings. The highest BCUT2D eigenvalue weighted by molar-refractivity contribution is 5.85. The van der Waals surface area contributed by atoms with Crippen molar-refractivity contribution in [2.75, 3.05) is 13.1 Å². The summed E-state index contributed by atoms with van der Waals surface area (Å²) in [6.07, 6.45) is 5.35. The summed E-state index contributed by atoms with van der Waals surface area (Å²) in [5, 5.41) is 7.10. The van der Waals surface area contributed by atoms with Crippen LogP contribution in [-0.4, -0.2) is 18.8 Å². The fraction of sp³-hybridized carbons (Fsp3) is 1.00. The summed E-state index contributed by atoms with van der Waals surface area (Å²) in [7, 11) is 0. The molecule has 2 N–H and O–H groups in total. The summed E-state index contributed by atoms with van der Waals surface area (Å²) in [5.74, 6) is 0. The van der Waals surface area contributed by atoms with Crippen LogP contribution in [0.5, 0.6) is 0 Å². The van der Waals surface area contributed by atoms with Crippen LogP contribution >= 0.6 is 12.4 Å². The first-order valence-corrected chi connectivity index (χ1v) is 4.83. The SMILES string of the molecule is CCNC1(NCC)CCCC1.Cl. The molecule has 0 unspecified atom stereocenters. The lowest BCUT2D eigenvalue weighted by molar-refractivity contribution is 0.273. The van der Waals surface area contributed by atoms with Crippen LogP contribution in [0.4, 0.5) is 0 Å². The Kier molecular flexibility index (Phi) is 5.89. The van der Waals surface area contributed by atoms with Crippen LogP contribution in [0.3, 0.4) is 0 Å². The van der Waals surface area contributed by atoms with E-state index >= 15 is 0 Å². The zero-order valence-electron chi connectivity index (χ0n) is 8.15. The van der Waals surface area contributed by atoms with Crippen molar-refractivity contribution in [2.24, 2.45) is 0 Å². The molecule has 0 heterocycles. The van der Waals surface area contributed by atoms with E-state index in [9.17, 15) is 0 Å². The molecule has 0 bridgehead atoms. The third-order valence-corrected chi connectivity index (χ3v) is 2.49. The Hall–Kier alpha value is 0.210. The maximum Gasteiger partial charge on any atom is 0.0687 e. The standard InChI is InChI=1S/C9H20N2.ClH/c1-3-10-9(11-4-2)7-5-6-8-9;/h10-11H,3-8H2,1-2H3;1H. The topological polar surface area (TPSA) is 24.1 Å². The maximum atomic E-state index is 3.55. The highest BCUT2D eigenvalue weighted by Gasteiger charge is 2.31. The number of hydrogen-bond donors (Lipinski definition) is 2. The summed E-state index contributed by atoms with van der Waals surface area (Å²) in [4.78, 5) is 0. The first kappa shape index (κ1) is 12.2. The van der Waals surface area contributed by atoms with Crippen LogP contribution in [0.25, 0.3) is 0 Å². The van der Waals surface area contributed by atoms with Gasteiger partial charge in [0.15, 0.2) is 0 Å². The molecule has 0 aromatic heterocycles. The van der Waals surface area contributed by atoms with Gasteiger partial charge in [0.25, 0.3) is 0 Å². The molecule has 0 saturated heterocycles. The zero-order chi connectivity index (χ0) is 8.16. The lowest BCUT2D eigenvalue weighted by atomic mass is 10.1. The predicted octanol–water partition coefficient (Wildman–Crippen LogP) is 1.90. The summed E-state index contributed by atoms with van der Waals surface area (Å²) < 4.78 is 0. The Morgan fingerprint density at radius 2 is 1.42 bits per heavy atom. The summed E-state index contributed by atoms with van der Waals surface area (Å²) >= 11 is 0. The van der Waals surface area contributed by atoms with Gasteiger partial charge in [-0.1, -0.05) is 26.7 Å². The molecule has 0 aromatic carbocycles. The van der Waals surface area contributed by atoms with E-state index in [1.165, 1.54) is 25.7 Å². The van der Waals surface area contributed by atoms with Gasteiger partial charge in [-0.3, -0.25) is 10.6 Å². The Morgan fingerprint density at radius 1 is 1.00 bits per heavy atom. The molecule has 0 amide bonds. The molecule has 2 nitrogen and oxygen atoms in total. The minimum atomic E-state index is 0. The molecule has 0 spiro atoms. The van der Waals surface area contributed by atoms with Crippen molar-refractivity contribution in [3.63, 3.8) is 0 Å². The molecule has 3 heteroatoms. The van der Waals surface area contributed by atoms with Gasteiger partial charge < -0.3 is 0 Å². The summed E-state index contributed by atoms with van der Waals surface area (Å²) in [6, 6.07) is 0. The van der Waals surface area contributed by atoms with Gasteiger partial charge in [0.2, 0.25) is 0 Å². The molecule has 1 rings (SSSR count). The molecular formula is C9H21ClN2. The van der Waals surface area contributed by atoms with Gasteiger partial charge in [-0.25, -0.2) is 0 Å². The predicted molar refractivity (Wildman–Crippen MR) is 55.8 cm³/mol. The third-order valence-electron chi connectivity index (χ3n) is 2.49. The zero-order valence-corrected chi connectivity index (χ0v) is 8.97. The number of hydrogen-bond acceptors (Lipinski definition) is 2. The van der Waals surface area contributed by atoms with E-state index in [0.29, 0.717) is 5.66 Å². The van der Waals surface area contributed by atoms with Crippen molar-refractivity contribution in [3.8, 4) is 0 Å². The van der Waals surface area contributed by atoms with Gasteiger partial charge >= 0.3 is 0 Å². The smallest absolute Gasteiger partial charge is 0.0687 e. The van der Waals surface area contributed by atoms with Crippen molar-refractivity contribution in [3.05, 3.63) is 0 Å². The van der Waals surface area contributed by atoms with Gasteiger partial charge in [0.1, 0.15) is 0 Å². The Balaban J connectivity index is 0.00000121. The lowest BCUT2D eigenvalue weighted by Crippen LogP contribution is -2.54. The number of nitrogens with one attached hydrogen (secondary N) is 2. The van der Waals surface area contributed by atoms with E-state index in [2.05, 4.69) is 24.5 Å². The molecule has 0 atom stereocenters. The lowest BCUT2D eigenvalue weighted by Gasteiger charge is -2.30. The fourth-order valence-corrected chi connectivity index (χ4v) is 2.07. The van der Waals surface area contributed by atoms with Crippen LogP contribution < -0.4 is 10.6 Å². The molecule has 1 saturated carbocycles. The number of rotatable bonds is 4. The molecule has 1 aliphatic carbocycles. The summed E-state index contributed by atoms with van der Waals surface area (Å²) in [6.45, 7) is 6.51. The van der Waals surface area contributed by atoms with Crippen molar-refractivity contribution >= 4 is 12.4 Å². The normalized spacial score (nSPS) is 20.5. The molecule has 0 aliphatic heterocycles. The Labute approximate surface area is 81.9 Å². The molecule has 12 heavy (non-hydrogen) atoms. The van der Waals surface area contributed by atoms with Gasteiger partial charge in [0, 0.05) is 0 Å². The molecular weight excluding hydrogens is 172 g/mol. The van der Waals surface area contributed by atoms with Crippen LogP contribution in [0.2, 0.25) is 0 Å². The first-order valence-electron chi connectivity index (χ1n) is 4.83. The van der Waals surface area contributed by atoms with E-state index in [-0.39, 0.29) is 12.4 Å². The molecule has 0 aromatic rings. The van der Waals surface area contributed by atoms with Gasteiger partial charge in [-0.15, -0.1) is 12.4 Å². The van der Waals surface area contributed by atoms with Crippen molar-refractivity contribution in [1.82, 2.24) is 10.6 Å². The van der Waals surface area contributed by atoms with Gasteiger partial charge in [0.05, 0.1) is 5.66 Å². The van der Waals surface area contributed by atoms with Crippen LogP contribution in [0.15, 0.2) is 0 Å². The largest absolute Gasteiger partial charge is 0.300 e. The van der Waals surface area contributed by atoms with Gasteiger partial charge in [-0.2, -0.15) is 0 Å². The van der Waals surface area contributed by atoms with Gasteiger partial charge in [-0.05, 0) is 25.9 Å². The van der Waals surface area contributed by atoms with E-state index in [0.717, 1.165) is 13.1 Å². The highest BCUT2D eigenvalue weighted by atomic mass is 35.5. The Bertz CT molecular complexity index is 103. The van der Waals surface area contributed by atoms with E-state index in [1.807, 2.05) is 0 Å². The third kappa shape index (κ3) is 2.92. The quantitative estimate of drug-likeness (QED) is 0.665. The minimum absolute atomic E-state index is 0. The van der Waals surface area contributed by atoms with Crippen molar-refractivity contribution in [2.45, 2.75) is 45.2 Å². The second-order valence-corrected chi connectivity index (χ2v) is 3.35.